The molecule has 0 aromatic carbocycles. The van der Waals surface area contributed by atoms with E-state index in [1.807, 2.05) is 0 Å². The van der Waals surface area contributed by atoms with Crippen LogP contribution >= 0.6 is 0 Å². The first-order chi connectivity index (χ1) is 7.20. The van der Waals surface area contributed by atoms with E-state index in [0.29, 0.717) is 32.7 Å². The van der Waals surface area contributed by atoms with Crippen LogP contribution in [0.4, 0.5) is 0 Å². The Hall–Kier alpha value is -1.10. The van der Waals surface area contributed by atoms with E-state index in [1.165, 1.54) is 0 Å². The van der Waals surface area contributed by atoms with Crippen molar-refractivity contribution in [2.24, 2.45) is 11.8 Å². The molecule has 1 amide bonds. The lowest BCUT2D eigenvalue weighted by atomic mass is 10.2. The van der Waals surface area contributed by atoms with Gasteiger partial charge in [-0.2, -0.15) is 0 Å². The highest BCUT2D eigenvalue weighted by atomic mass is 16.5. The second-order valence-corrected chi connectivity index (χ2v) is 4.08. The highest BCUT2D eigenvalue weighted by Crippen LogP contribution is 2.40. The van der Waals surface area contributed by atoms with Crippen LogP contribution < -0.4 is 0 Å². The Labute approximate surface area is 88.0 Å². The topological polar surface area (TPSA) is 66.8 Å². The third kappa shape index (κ3) is 2.28. The molecule has 15 heavy (non-hydrogen) atoms. The fourth-order valence-corrected chi connectivity index (χ4v) is 1.94. The van der Waals surface area contributed by atoms with E-state index in [2.05, 4.69) is 0 Å². The number of nitrogens with zero attached hydrogens (tertiary/aromatic N) is 1. The summed E-state index contributed by atoms with van der Waals surface area (Å²) in [6, 6.07) is 0. The van der Waals surface area contributed by atoms with Crippen LogP contribution in [0.5, 0.6) is 0 Å². The minimum absolute atomic E-state index is 0.00657. The van der Waals surface area contributed by atoms with Gasteiger partial charge in [0, 0.05) is 19.7 Å². The van der Waals surface area contributed by atoms with Crippen LogP contribution in [0.15, 0.2) is 0 Å². The summed E-state index contributed by atoms with van der Waals surface area (Å²) in [6.07, 6.45) is 1.35. The molecule has 1 saturated carbocycles. The lowest BCUT2D eigenvalue weighted by Gasteiger charge is -2.19. The van der Waals surface area contributed by atoms with E-state index < -0.39 is 11.9 Å². The number of hydrogen-bond acceptors (Lipinski definition) is 3. The largest absolute Gasteiger partial charge is 0.481 e. The zero-order valence-corrected chi connectivity index (χ0v) is 8.52. The lowest BCUT2D eigenvalue weighted by Crippen LogP contribution is -2.35. The van der Waals surface area contributed by atoms with E-state index >= 15 is 0 Å². The summed E-state index contributed by atoms with van der Waals surface area (Å²) in [7, 11) is 0. The monoisotopic (exact) mass is 213 g/mol. The Morgan fingerprint density at radius 1 is 1.20 bits per heavy atom. The summed E-state index contributed by atoms with van der Waals surface area (Å²) in [5.74, 6) is -1.57. The van der Waals surface area contributed by atoms with Crippen molar-refractivity contribution in [3.8, 4) is 0 Å². The number of carboxylic acids is 1. The quantitative estimate of drug-likeness (QED) is 0.698. The molecule has 1 saturated heterocycles. The van der Waals surface area contributed by atoms with E-state index in [9.17, 15) is 9.59 Å². The molecular formula is C10H15NO4. The van der Waals surface area contributed by atoms with Gasteiger partial charge in [0.2, 0.25) is 5.91 Å². The Balaban J connectivity index is 1.88. The van der Waals surface area contributed by atoms with Crippen molar-refractivity contribution in [1.82, 2.24) is 4.90 Å². The van der Waals surface area contributed by atoms with E-state index in [1.54, 1.807) is 4.90 Å². The Kier molecular flexibility index (Phi) is 2.90. The first-order valence-corrected chi connectivity index (χ1v) is 5.29. The molecule has 2 rings (SSSR count). The number of rotatable bonds is 2. The predicted molar refractivity (Wildman–Crippen MR) is 51.2 cm³/mol. The predicted octanol–water partition coefficient (Wildman–Crippen LogP) is -0.0440. The molecule has 5 nitrogen and oxygen atoms in total. The SMILES string of the molecule is O=C(O)[C@H]1C[C@H]1C(=O)N1CCCOCC1. The van der Waals surface area contributed by atoms with Gasteiger partial charge in [-0.3, -0.25) is 9.59 Å². The minimum atomic E-state index is -0.848. The molecule has 0 spiro atoms. The number of hydrogen-bond donors (Lipinski definition) is 1. The smallest absolute Gasteiger partial charge is 0.307 e. The van der Waals surface area contributed by atoms with Gasteiger partial charge in [0.15, 0.2) is 0 Å². The molecule has 1 N–H and O–H groups in total. The molecule has 1 aliphatic carbocycles. The summed E-state index contributed by atoms with van der Waals surface area (Å²) >= 11 is 0. The second-order valence-electron chi connectivity index (χ2n) is 4.08. The Bertz CT molecular complexity index is 271. The fourth-order valence-electron chi connectivity index (χ4n) is 1.94. The van der Waals surface area contributed by atoms with Gasteiger partial charge in [-0.25, -0.2) is 0 Å². The highest BCUT2D eigenvalue weighted by Gasteiger charge is 2.49. The maximum Gasteiger partial charge on any atom is 0.307 e. The van der Waals surface area contributed by atoms with Gasteiger partial charge in [0.1, 0.15) is 0 Å². The molecular weight excluding hydrogens is 198 g/mol. The van der Waals surface area contributed by atoms with Crippen LogP contribution in [0.2, 0.25) is 0 Å². The summed E-state index contributed by atoms with van der Waals surface area (Å²) in [6.45, 7) is 2.55. The van der Waals surface area contributed by atoms with Crippen LogP contribution in [0.3, 0.4) is 0 Å². The molecule has 0 radical (unpaired) electrons. The molecule has 2 fully saturated rings. The van der Waals surface area contributed by atoms with Crippen LogP contribution in [-0.2, 0) is 14.3 Å². The van der Waals surface area contributed by atoms with E-state index in [4.69, 9.17) is 9.84 Å². The van der Waals surface area contributed by atoms with Gasteiger partial charge in [-0.1, -0.05) is 0 Å². The van der Waals surface area contributed by atoms with Crippen LogP contribution in [0, 0.1) is 11.8 Å². The molecule has 84 valence electrons. The molecule has 1 aliphatic heterocycles. The van der Waals surface area contributed by atoms with Crippen molar-refractivity contribution in [3.05, 3.63) is 0 Å². The Morgan fingerprint density at radius 2 is 2.00 bits per heavy atom. The minimum Gasteiger partial charge on any atom is -0.481 e. The van der Waals surface area contributed by atoms with E-state index in [0.717, 1.165) is 6.42 Å². The first-order valence-electron chi connectivity index (χ1n) is 5.29. The van der Waals surface area contributed by atoms with Gasteiger partial charge in [-0.15, -0.1) is 0 Å². The van der Waals surface area contributed by atoms with Crippen molar-refractivity contribution in [3.63, 3.8) is 0 Å². The zero-order valence-electron chi connectivity index (χ0n) is 8.52. The zero-order chi connectivity index (χ0) is 10.8. The lowest BCUT2D eigenvalue weighted by molar-refractivity contribution is -0.142. The fraction of sp³-hybridized carbons (Fsp3) is 0.800. The average Bonchev–Trinajstić information content (AvgIpc) is 3.02. The van der Waals surface area contributed by atoms with Crippen LogP contribution in [0.25, 0.3) is 0 Å². The number of amides is 1. The molecule has 2 atom stereocenters. The second kappa shape index (κ2) is 4.18. The third-order valence-corrected chi connectivity index (χ3v) is 2.96. The molecule has 5 heteroatoms. The standard InChI is InChI=1S/C10H15NO4/c12-9(7-6-8(7)10(13)14)11-2-1-4-15-5-3-11/h7-8H,1-6H2,(H,13,14)/t7-,8+/m1/s1. The maximum atomic E-state index is 11.8. The van der Waals surface area contributed by atoms with Gasteiger partial charge in [0.05, 0.1) is 18.4 Å². The first kappa shape index (κ1) is 10.4. The summed E-state index contributed by atoms with van der Waals surface area (Å²) in [4.78, 5) is 24.2. The maximum absolute atomic E-state index is 11.8. The molecule has 0 aromatic heterocycles. The van der Waals surface area contributed by atoms with Crippen molar-refractivity contribution in [1.29, 1.82) is 0 Å². The van der Waals surface area contributed by atoms with Crippen LogP contribution in [-0.4, -0.2) is 48.2 Å². The van der Waals surface area contributed by atoms with Crippen molar-refractivity contribution < 1.29 is 19.4 Å². The average molecular weight is 213 g/mol. The number of ether oxygens (including phenoxy) is 1. The van der Waals surface area contributed by atoms with Gasteiger partial charge < -0.3 is 14.7 Å². The number of aliphatic carboxylic acids is 1. The van der Waals surface area contributed by atoms with Crippen molar-refractivity contribution in [2.45, 2.75) is 12.8 Å². The molecule has 2 aliphatic rings. The third-order valence-electron chi connectivity index (χ3n) is 2.96. The van der Waals surface area contributed by atoms with Gasteiger partial charge >= 0.3 is 5.97 Å². The number of carbonyl (C=O) groups is 2. The normalized spacial score (nSPS) is 30.8. The van der Waals surface area contributed by atoms with Gasteiger partial charge in [0.25, 0.3) is 0 Å². The number of carbonyl (C=O) groups excluding carboxylic acids is 1. The summed E-state index contributed by atoms with van der Waals surface area (Å²) in [5, 5.41) is 8.73. The van der Waals surface area contributed by atoms with Crippen molar-refractivity contribution in [2.75, 3.05) is 26.3 Å². The van der Waals surface area contributed by atoms with Gasteiger partial charge in [-0.05, 0) is 12.8 Å². The summed E-state index contributed by atoms with van der Waals surface area (Å²) in [5.41, 5.74) is 0. The van der Waals surface area contributed by atoms with E-state index in [-0.39, 0.29) is 11.8 Å². The molecule has 1 heterocycles. The van der Waals surface area contributed by atoms with Crippen molar-refractivity contribution >= 4 is 11.9 Å². The Morgan fingerprint density at radius 3 is 2.67 bits per heavy atom. The molecule has 0 unspecified atom stereocenters. The number of carboxylic acid groups (broad SMARTS) is 1. The highest BCUT2D eigenvalue weighted by molar-refractivity contribution is 5.89. The van der Waals surface area contributed by atoms with Crippen LogP contribution in [0.1, 0.15) is 12.8 Å². The molecule has 0 bridgehead atoms. The summed E-state index contributed by atoms with van der Waals surface area (Å²) < 4.78 is 5.24. The molecule has 0 aromatic rings.